The van der Waals surface area contributed by atoms with Gasteiger partial charge in [0.05, 0.1) is 6.07 Å². The van der Waals surface area contributed by atoms with Gasteiger partial charge in [0, 0.05) is 17.1 Å². The van der Waals surface area contributed by atoms with Gasteiger partial charge in [-0.05, 0) is 24.1 Å². The molecule has 0 aliphatic rings. The van der Waals surface area contributed by atoms with E-state index in [1.165, 1.54) is 12.1 Å². The van der Waals surface area contributed by atoms with E-state index in [4.69, 9.17) is 11.6 Å². The molecular formula is C16H14ClFN2. The molecule has 0 amide bonds. The second-order valence-corrected chi connectivity index (χ2v) is 4.79. The summed E-state index contributed by atoms with van der Waals surface area (Å²) in [4.78, 5) is 0. The average Bonchev–Trinajstić information content (AvgIpc) is 2.46. The highest BCUT2D eigenvalue weighted by molar-refractivity contribution is 6.31. The van der Waals surface area contributed by atoms with E-state index in [0.717, 1.165) is 12.0 Å². The fraction of sp³-hybridized carbons (Fsp3) is 0.188. The van der Waals surface area contributed by atoms with Crippen LogP contribution in [0.15, 0.2) is 48.5 Å². The number of benzene rings is 2. The van der Waals surface area contributed by atoms with Gasteiger partial charge in [-0.1, -0.05) is 48.0 Å². The van der Waals surface area contributed by atoms with Crippen molar-refractivity contribution in [2.45, 2.75) is 12.5 Å². The van der Waals surface area contributed by atoms with Gasteiger partial charge < -0.3 is 0 Å². The van der Waals surface area contributed by atoms with Crippen molar-refractivity contribution < 1.29 is 4.39 Å². The molecule has 20 heavy (non-hydrogen) atoms. The normalized spacial score (nSPS) is 11.8. The molecule has 2 aromatic carbocycles. The number of hydrogen-bond donors (Lipinski definition) is 1. The first-order valence-electron chi connectivity index (χ1n) is 6.33. The molecule has 0 aliphatic heterocycles. The summed E-state index contributed by atoms with van der Waals surface area (Å²) in [7, 11) is 0. The van der Waals surface area contributed by atoms with E-state index in [-0.39, 0.29) is 10.6 Å². The number of nitriles is 1. The molecular weight excluding hydrogens is 275 g/mol. The lowest BCUT2D eigenvalue weighted by Crippen LogP contribution is -2.23. The van der Waals surface area contributed by atoms with E-state index in [1.54, 1.807) is 6.07 Å². The van der Waals surface area contributed by atoms with Gasteiger partial charge in [0.1, 0.15) is 11.9 Å². The first-order valence-corrected chi connectivity index (χ1v) is 6.71. The standard InChI is InChI=1S/C16H14ClFN2/c17-13-7-4-8-14(18)16(13)15(11-19)20-10-9-12-5-2-1-3-6-12/h1-8,15,20H,9-10H2. The van der Waals surface area contributed by atoms with Crippen molar-refractivity contribution in [1.82, 2.24) is 5.32 Å². The Morgan fingerprint density at radius 2 is 1.90 bits per heavy atom. The van der Waals surface area contributed by atoms with Crippen LogP contribution in [0.25, 0.3) is 0 Å². The van der Waals surface area contributed by atoms with E-state index in [9.17, 15) is 9.65 Å². The molecule has 0 saturated heterocycles. The van der Waals surface area contributed by atoms with Crippen molar-refractivity contribution in [3.63, 3.8) is 0 Å². The van der Waals surface area contributed by atoms with E-state index in [0.29, 0.717) is 6.54 Å². The van der Waals surface area contributed by atoms with Crippen LogP contribution in [0, 0.1) is 17.1 Å². The van der Waals surface area contributed by atoms with Gasteiger partial charge in [-0.2, -0.15) is 5.26 Å². The highest BCUT2D eigenvalue weighted by Gasteiger charge is 2.17. The molecule has 0 aliphatic carbocycles. The third-order valence-corrected chi connectivity index (χ3v) is 3.35. The zero-order valence-corrected chi connectivity index (χ0v) is 11.6. The molecule has 0 aromatic heterocycles. The molecule has 0 radical (unpaired) electrons. The summed E-state index contributed by atoms with van der Waals surface area (Å²) in [5.41, 5.74) is 1.38. The minimum absolute atomic E-state index is 0.213. The lowest BCUT2D eigenvalue weighted by Gasteiger charge is -2.14. The molecule has 0 saturated carbocycles. The SMILES string of the molecule is N#CC(NCCc1ccccc1)c1c(F)cccc1Cl. The summed E-state index contributed by atoms with van der Waals surface area (Å²) in [5, 5.41) is 12.5. The van der Waals surface area contributed by atoms with Crippen molar-refractivity contribution in [3.05, 3.63) is 70.5 Å². The topological polar surface area (TPSA) is 35.8 Å². The van der Waals surface area contributed by atoms with E-state index in [1.807, 2.05) is 30.3 Å². The van der Waals surface area contributed by atoms with Crippen LogP contribution >= 0.6 is 11.6 Å². The van der Waals surface area contributed by atoms with Crippen LogP contribution in [0.5, 0.6) is 0 Å². The zero-order valence-electron chi connectivity index (χ0n) is 10.8. The van der Waals surface area contributed by atoms with Gasteiger partial charge in [-0.3, -0.25) is 5.32 Å². The maximum Gasteiger partial charge on any atom is 0.130 e. The molecule has 0 heterocycles. The molecule has 1 unspecified atom stereocenters. The second-order valence-electron chi connectivity index (χ2n) is 4.39. The number of halogens is 2. The van der Waals surface area contributed by atoms with Crippen LogP contribution in [-0.2, 0) is 6.42 Å². The van der Waals surface area contributed by atoms with Crippen molar-refractivity contribution >= 4 is 11.6 Å². The Labute approximate surface area is 122 Å². The predicted molar refractivity (Wildman–Crippen MR) is 77.9 cm³/mol. The number of hydrogen-bond acceptors (Lipinski definition) is 2. The van der Waals surface area contributed by atoms with Crippen LogP contribution in [0.3, 0.4) is 0 Å². The summed E-state index contributed by atoms with van der Waals surface area (Å²) in [5.74, 6) is -0.462. The van der Waals surface area contributed by atoms with Gasteiger partial charge in [-0.25, -0.2) is 4.39 Å². The zero-order chi connectivity index (χ0) is 14.4. The van der Waals surface area contributed by atoms with Crippen LogP contribution < -0.4 is 5.32 Å². The molecule has 2 aromatic rings. The number of rotatable bonds is 5. The highest BCUT2D eigenvalue weighted by atomic mass is 35.5. The van der Waals surface area contributed by atoms with Gasteiger partial charge >= 0.3 is 0 Å². The van der Waals surface area contributed by atoms with Crippen LogP contribution in [0.2, 0.25) is 5.02 Å². The minimum Gasteiger partial charge on any atom is -0.298 e. The lowest BCUT2D eigenvalue weighted by molar-refractivity contribution is 0.563. The van der Waals surface area contributed by atoms with E-state index in [2.05, 4.69) is 11.4 Å². The van der Waals surface area contributed by atoms with Crippen LogP contribution in [0.4, 0.5) is 4.39 Å². The largest absolute Gasteiger partial charge is 0.298 e. The monoisotopic (exact) mass is 288 g/mol. The summed E-state index contributed by atoms with van der Waals surface area (Å²) in [6.07, 6.45) is 0.769. The molecule has 4 heteroatoms. The Kier molecular flexibility index (Phi) is 5.11. The Hall–Kier alpha value is -1.89. The fourth-order valence-electron chi connectivity index (χ4n) is 2.00. The quantitative estimate of drug-likeness (QED) is 0.906. The van der Waals surface area contributed by atoms with E-state index >= 15 is 0 Å². The Morgan fingerprint density at radius 1 is 1.15 bits per heavy atom. The molecule has 0 spiro atoms. The first kappa shape index (κ1) is 14.5. The Morgan fingerprint density at radius 3 is 2.55 bits per heavy atom. The summed E-state index contributed by atoms with van der Waals surface area (Å²) in [6, 6.07) is 15.6. The van der Waals surface area contributed by atoms with E-state index < -0.39 is 11.9 Å². The van der Waals surface area contributed by atoms with Crippen molar-refractivity contribution in [1.29, 1.82) is 5.26 Å². The summed E-state index contributed by atoms with van der Waals surface area (Å²) < 4.78 is 13.8. The van der Waals surface area contributed by atoms with Gasteiger partial charge in [-0.15, -0.1) is 0 Å². The molecule has 102 valence electrons. The predicted octanol–water partition coefficient (Wildman–Crippen LogP) is 3.88. The Balaban J connectivity index is 2.02. The molecule has 1 N–H and O–H groups in total. The molecule has 0 fully saturated rings. The highest BCUT2D eigenvalue weighted by Crippen LogP contribution is 2.25. The summed E-state index contributed by atoms with van der Waals surface area (Å²) >= 11 is 5.97. The molecule has 1 atom stereocenters. The van der Waals surface area contributed by atoms with Crippen LogP contribution in [-0.4, -0.2) is 6.54 Å². The molecule has 2 rings (SSSR count). The lowest BCUT2D eigenvalue weighted by atomic mass is 10.1. The third kappa shape index (κ3) is 3.57. The van der Waals surface area contributed by atoms with Gasteiger partial charge in [0.2, 0.25) is 0 Å². The maximum absolute atomic E-state index is 13.8. The second kappa shape index (κ2) is 7.04. The maximum atomic E-state index is 13.8. The van der Waals surface area contributed by atoms with Gasteiger partial charge in [0.15, 0.2) is 0 Å². The van der Waals surface area contributed by atoms with Crippen molar-refractivity contribution in [2.24, 2.45) is 0 Å². The minimum atomic E-state index is -0.743. The molecule has 2 nitrogen and oxygen atoms in total. The fourth-order valence-corrected chi connectivity index (χ4v) is 2.28. The van der Waals surface area contributed by atoms with Gasteiger partial charge in [0.25, 0.3) is 0 Å². The van der Waals surface area contributed by atoms with Crippen molar-refractivity contribution in [2.75, 3.05) is 6.54 Å². The average molecular weight is 289 g/mol. The number of nitrogens with zero attached hydrogens (tertiary/aromatic N) is 1. The first-order chi connectivity index (χ1) is 9.72. The van der Waals surface area contributed by atoms with Crippen molar-refractivity contribution in [3.8, 4) is 6.07 Å². The Bertz CT molecular complexity index is 587. The molecule has 0 bridgehead atoms. The third-order valence-electron chi connectivity index (χ3n) is 3.02. The number of nitrogens with one attached hydrogen (secondary N) is 1. The summed E-state index contributed by atoms with van der Waals surface area (Å²) in [6.45, 7) is 0.576. The smallest absolute Gasteiger partial charge is 0.130 e. The van der Waals surface area contributed by atoms with Crippen LogP contribution in [0.1, 0.15) is 17.2 Å².